The molecule has 2 rings (SSSR count). The van der Waals surface area contributed by atoms with Crippen LogP contribution in [-0.4, -0.2) is 47.7 Å². The van der Waals surface area contributed by atoms with Crippen LogP contribution in [0.1, 0.15) is 5.56 Å². The largest absolute Gasteiger partial charge is 0.479 e. The summed E-state index contributed by atoms with van der Waals surface area (Å²) in [5.74, 6) is 3.83. The van der Waals surface area contributed by atoms with Crippen molar-refractivity contribution >= 4 is 11.9 Å². The zero-order valence-electron chi connectivity index (χ0n) is 10.2. The van der Waals surface area contributed by atoms with Gasteiger partial charge in [-0.25, -0.2) is 4.79 Å². The van der Waals surface area contributed by atoms with Crippen molar-refractivity contribution in [2.24, 2.45) is 0 Å². The van der Waals surface area contributed by atoms with Gasteiger partial charge in [0.25, 0.3) is 5.91 Å². The lowest BCUT2D eigenvalue weighted by atomic mass is 10.2. The Morgan fingerprint density at radius 1 is 1.32 bits per heavy atom. The van der Waals surface area contributed by atoms with Crippen molar-refractivity contribution < 1.29 is 19.4 Å². The SMILES string of the molecule is O=C(O)C1CN(C(=O)C#Cc2ccccc2)CCO1. The number of amides is 1. The zero-order valence-corrected chi connectivity index (χ0v) is 10.2. The molecule has 1 atom stereocenters. The van der Waals surface area contributed by atoms with Crippen LogP contribution in [0, 0.1) is 11.8 Å². The fraction of sp³-hybridized carbons (Fsp3) is 0.286. The van der Waals surface area contributed by atoms with E-state index in [1.807, 2.05) is 18.2 Å². The molecule has 1 unspecified atom stereocenters. The third-order valence-electron chi connectivity index (χ3n) is 2.72. The fourth-order valence-corrected chi connectivity index (χ4v) is 1.71. The molecule has 1 heterocycles. The van der Waals surface area contributed by atoms with E-state index in [4.69, 9.17) is 9.84 Å². The first-order chi connectivity index (χ1) is 9.16. The summed E-state index contributed by atoms with van der Waals surface area (Å²) >= 11 is 0. The van der Waals surface area contributed by atoms with E-state index in [9.17, 15) is 9.59 Å². The molecule has 0 radical (unpaired) electrons. The third-order valence-corrected chi connectivity index (χ3v) is 2.72. The van der Waals surface area contributed by atoms with Crippen molar-refractivity contribution in [3.8, 4) is 11.8 Å². The van der Waals surface area contributed by atoms with Crippen molar-refractivity contribution in [2.45, 2.75) is 6.10 Å². The molecule has 5 heteroatoms. The van der Waals surface area contributed by atoms with Gasteiger partial charge in [-0.3, -0.25) is 4.79 Å². The quantitative estimate of drug-likeness (QED) is 0.739. The first kappa shape index (κ1) is 13.1. The predicted octanol–water partition coefficient (Wildman–Crippen LogP) is 0.350. The molecule has 1 aromatic rings. The second-order valence-corrected chi connectivity index (χ2v) is 4.06. The number of benzene rings is 1. The Kier molecular flexibility index (Phi) is 4.16. The highest BCUT2D eigenvalue weighted by Crippen LogP contribution is 2.05. The van der Waals surface area contributed by atoms with E-state index >= 15 is 0 Å². The molecule has 1 aliphatic heterocycles. The van der Waals surface area contributed by atoms with Crippen LogP contribution in [0.2, 0.25) is 0 Å². The summed E-state index contributed by atoms with van der Waals surface area (Å²) in [4.78, 5) is 24.0. The molecule has 0 spiro atoms. The predicted molar refractivity (Wildman–Crippen MR) is 67.3 cm³/mol. The van der Waals surface area contributed by atoms with Crippen LogP contribution in [0.5, 0.6) is 0 Å². The molecule has 0 saturated carbocycles. The van der Waals surface area contributed by atoms with Crippen LogP contribution in [-0.2, 0) is 14.3 Å². The first-order valence-corrected chi connectivity index (χ1v) is 5.87. The van der Waals surface area contributed by atoms with E-state index in [1.165, 1.54) is 4.90 Å². The van der Waals surface area contributed by atoms with E-state index in [1.54, 1.807) is 12.1 Å². The molecule has 5 nitrogen and oxygen atoms in total. The lowest BCUT2D eigenvalue weighted by Crippen LogP contribution is -2.48. The number of aliphatic carboxylic acids is 1. The Hall–Kier alpha value is -2.32. The van der Waals surface area contributed by atoms with Crippen molar-refractivity contribution in [1.82, 2.24) is 4.90 Å². The number of carboxylic acid groups (broad SMARTS) is 1. The highest BCUT2D eigenvalue weighted by atomic mass is 16.5. The molecule has 1 aromatic carbocycles. The van der Waals surface area contributed by atoms with Gasteiger partial charge < -0.3 is 14.7 Å². The summed E-state index contributed by atoms with van der Waals surface area (Å²) in [6.45, 7) is 0.624. The standard InChI is InChI=1S/C14H13NO4/c16-13(7-6-11-4-2-1-3-5-11)15-8-9-19-12(10-15)14(17)18/h1-5,12H,8-10H2,(H,17,18). The minimum Gasteiger partial charge on any atom is -0.479 e. The normalized spacial score (nSPS) is 18.3. The van der Waals surface area contributed by atoms with Crippen LogP contribution < -0.4 is 0 Å². The van der Waals surface area contributed by atoms with Gasteiger partial charge in [0.2, 0.25) is 0 Å². The Labute approximate surface area is 110 Å². The van der Waals surface area contributed by atoms with Gasteiger partial charge >= 0.3 is 5.97 Å². The molecule has 19 heavy (non-hydrogen) atoms. The van der Waals surface area contributed by atoms with Crippen LogP contribution in [0.3, 0.4) is 0 Å². The first-order valence-electron chi connectivity index (χ1n) is 5.87. The number of rotatable bonds is 1. The number of carbonyl (C=O) groups is 2. The summed E-state index contributed by atoms with van der Waals surface area (Å²) in [5, 5.41) is 8.85. The average Bonchev–Trinajstić information content (AvgIpc) is 2.46. The Bertz CT molecular complexity index is 529. The number of morpholine rings is 1. The second-order valence-electron chi connectivity index (χ2n) is 4.06. The summed E-state index contributed by atoms with van der Waals surface area (Å²) in [5.41, 5.74) is 0.749. The van der Waals surface area contributed by atoms with Crippen LogP contribution in [0.15, 0.2) is 30.3 Å². The van der Waals surface area contributed by atoms with Gasteiger partial charge in [-0.05, 0) is 12.1 Å². The van der Waals surface area contributed by atoms with Crippen molar-refractivity contribution in [3.05, 3.63) is 35.9 Å². The highest BCUT2D eigenvalue weighted by molar-refractivity contribution is 5.94. The number of ether oxygens (including phenoxy) is 1. The van der Waals surface area contributed by atoms with Gasteiger partial charge in [0.05, 0.1) is 13.2 Å². The summed E-state index contributed by atoms with van der Waals surface area (Å²) < 4.78 is 5.04. The van der Waals surface area contributed by atoms with E-state index in [-0.39, 0.29) is 19.1 Å². The molecule has 0 bridgehead atoms. The Morgan fingerprint density at radius 3 is 2.74 bits per heavy atom. The molecule has 98 valence electrons. The maximum Gasteiger partial charge on any atom is 0.334 e. The van der Waals surface area contributed by atoms with Crippen molar-refractivity contribution in [2.75, 3.05) is 19.7 Å². The molecule has 1 saturated heterocycles. The topological polar surface area (TPSA) is 66.8 Å². The molecule has 1 fully saturated rings. The van der Waals surface area contributed by atoms with Crippen LogP contribution >= 0.6 is 0 Å². The fourth-order valence-electron chi connectivity index (χ4n) is 1.71. The number of carbonyl (C=O) groups excluding carboxylic acids is 1. The average molecular weight is 259 g/mol. The number of hydrogen-bond acceptors (Lipinski definition) is 3. The summed E-state index contributed by atoms with van der Waals surface area (Å²) in [6, 6.07) is 9.15. The molecule has 1 N–H and O–H groups in total. The molecule has 1 aliphatic rings. The second kappa shape index (κ2) is 6.03. The molecule has 0 aliphatic carbocycles. The summed E-state index contributed by atoms with van der Waals surface area (Å²) in [7, 11) is 0. The Morgan fingerprint density at radius 2 is 2.05 bits per heavy atom. The van der Waals surface area contributed by atoms with Crippen molar-refractivity contribution in [3.63, 3.8) is 0 Å². The van der Waals surface area contributed by atoms with E-state index in [2.05, 4.69) is 11.8 Å². The van der Waals surface area contributed by atoms with Gasteiger partial charge in [-0.2, -0.15) is 0 Å². The lowest BCUT2D eigenvalue weighted by Gasteiger charge is -2.29. The van der Waals surface area contributed by atoms with Gasteiger partial charge in [-0.1, -0.05) is 24.1 Å². The number of hydrogen-bond donors (Lipinski definition) is 1. The van der Waals surface area contributed by atoms with Gasteiger partial charge in [0.15, 0.2) is 6.10 Å². The maximum atomic E-state index is 11.8. The molecular weight excluding hydrogens is 246 g/mol. The van der Waals surface area contributed by atoms with Crippen LogP contribution in [0.25, 0.3) is 0 Å². The highest BCUT2D eigenvalue weighted by Gasteiger charge is 2.28. The lowest BCUT2D eigenvalue weighted by molar-refractivity contribution is -0.158. The molecule has 1 amide bonds. The molecule has 0 aromatic heterocycles. The number of nitrogens with zero attached hydrogens (tertiary/aromatic N) is 1. The van der Waals surface area contributed by atoms with Crippen molar-refractivity contribution in [1.29, 1.82) is 0 Å². The van der Waals surface area contributed by atoms with E-state index in [0.717, 1.165) is 5.56 Å². The minimum absolute atomic E-state index is 0.0393. The minimum atomic E-state index is -1.06. The Balaban J connectivity index is 2.00. The van der Waals surface area contributed by atoms with Gasteiger partial charge in [0.1, 0.15) is 0 Å². The maximum absolute atomic E-state index is 11.8. The molecular formula is C14H13NO4. The van der Waals surface area contributed by atoms with E-state index < -0.39 is 12.1 Å². The third kappa shape index (κ3) is 3.57. The smallest absolute Gasteiger partial charge is 0.334 e. The van der Waals surface area contributed by atoms with Gasteiger partial charge in [0, 0.05) is 18.0 Å². The van der Waals surface area contributed by atoms with Crippen LogP contribution in [0.4, 0.5) is 0 Å². The summed E-state index contributed by atoms with van der Waals surface area (Å²) in [6.07, 6.45) is -0.962. The number of carboxylic acids is 1. The van der Waals surface area contributed by atoms with E-state index in [0.29, 0.717) is 6.54 Å². The monoisotopic (exact) mass is 259 g/mol. The van der Waals surface area contributed by atoms with Gasteiger partial charge in [-0.15, -0.1) is 0 Å². The zero-order chi connectivity index (χ0) is 13.7.